The van der Waals surface area contributed by atoms with E-state index in [4.69, 9.17) is 11.1 Å². The Hall–Kier alpha value is -1.59. The fourth-order valence-corrected chi connectivity index (χ4v) is 1.36. The molecule has 1 unspecified atom stereocenters. The Labute approximate surface area is 75.1 Å². The molecule has 6 nitrogen and oxygen atoms in total. The van der Waals surface area contributed by atoms with Gasteiger partial charge in [-0.05, 0) is 6.42 Å². The summed E-state index contributed by atoms with van der Waals surface area (Å²) in [6, 6.07) is -1.49. The second-order valence-corrected chi connectivity index (χ2v) is 2.73. The number of methoxy groups -OCH3 is 1. The molecular weight excluding hydrogens is 174 g/mol. The van der Waals surface area contributed by atoms with Gasteiger partial charge < -0.3 is 10.5 Å². The third-order valence-electron chi connectivity index (χ3n) is 1.97. The molecule has 0 aliphatic carbocycles. The summed E-state index contributed by atoms with van der Waals surface area (Å²) in [6.07, 6.45) is 0.789. The predicted molar refractivity (Wildman–Crippen MR) is 44.2 cm³/mol. The van der Waals surface area contributed by atoms with Crippen molar-refractivity contribution >= 4 is 17.8 Å². The molecule has 72 valence electrons. The highest BCUT2D eigenvalue weighted by atomic mass is 16.5. The van der Waals surface area contributed by atoms with Gasteiger partial charge in [0.2, 0.25) is 0 Å². The summed E-state index contributed by atoms with van der Waals surface area (Å²) in [6.45, 7) is 0. The first-order valence-electron chi connectivity index (χ1n) is 3.82. The van der Waals surface area contributed by atoms with Gasteiger partial charge in [-0.3, -0.25) is 10.3 Å². The SMILES string of the molecule is COC(=O)C1CCC(=N)N1C(N)=O. The van der Waals surface area contributed by atoms with Crippen LogP contribution in [0.5, 0.6) is 0 Å². The van der Waals surface area contributed by atoms with Crippen LogP contribution < -0.4 is 5.73 Å². The van der Waals surface area contributed by atoms with Crippen molar-refractivity contribution in [2.75, 3.05) is 7.11 Å². The lowest BCUT2D eigenvalue weighted by atomic mass is 10.2. The molecule has 6 heteroatoms. The van der Waals surface area contributed by atoms with Gasteiger partial charge in [0, 0.05) is 6.42 Å². The first-order chi connectivity index (χ1) is 6.07. The molecule has 1 aliphatic rings. The van der Waals surface area contributed by atoms with E-state index in [0.717, 1.165) is 4.90 Å². The molecular formula is C7H11N3O3. The van der Waals surface area contributed by atoms with E-state index in [9.17, 15) is 9.59 Å². The number of nitrogens with two attached hydrogens (primary N) is 1. The summed E-state index contributed by atoms with van der Waals surface area (Å²) in [5, 5.41) is 7.35. The first kappa shape index (κ1) is 9.50. The third-order valence-corrected chi connectivity index (χ3v) is 1.97. The van der Waals surface area contributed by atoms with Crippen molar-refractivity contribution in [3.05, 3.63) is 0 Å². The van der Waals surface area contributed by atoms with E-state index in [-0.39, 0.29) is 5.84 Å². The zero-order valence-electron chi connectivity index (χ0n) is 7.24. The van der Waals surface area contributed by atoms with Crippen molar-refractivity contribution in [2.24, 2.45) is 5.73 Å². The Kier molecular flexibility index (Phi) is 2.50. The number of urea groups is 1. The number of primary amides is 1. The third kappa shape index (κ3) is 1.61. The summed E-state index contributed by atoms with van der Waals surface area (Å²) >= 11 is 0. The molecule has 1 saturated heterocycles. The van der Waals surface area contributed by atoms with E-state index in [2.05, 4.69) is 4.74 Å². The van der Waals surface area contributed by atoms with Gasteiger partial charge in [-0.2, -0.15) is 0 Å². The maximum atomic E-state index is 11.1. The molecule has 0 saturated carbocycles. The minimum absolute atomic E-state index is 0.0721. The highest BCUT2D eigenvalue weighted by Crippen LogP contribution is 2.19. The van der Waals surface area contributed by atoms with Crippen LogP contribution in [0.25, 0.3) is 0 Å². The van der Waals surface area contributed by atoms with Crippen molar-refractivity contribution in [1.29, 1.82) is 5.41 Å². The number of hydrogen-bond acceptors (Lipinski definition) is 4. The highest BCUT2D eigenvalue weighted by molar-refractivity contribution is 6.01. The maximum absolute atomic E-state index is 11.1. The molecule has 0 aromatic carbocycles. The monoisotopic (exact) mass is 185 g/mol. The quantitative estimate of drug-likeness (QED) is 0.548. The molecule has 0 spiro atoms. The molecule has 0 radical (unpaired) electrons. The van der Waals surface area contributed by atoms with E-state index < -0.39 is 18.0 Å². The van der Waals surface area contributed by atoms with E-state index in [1.165, 1.54) is 7.11 Å². The maximum Gasteiger partial charge on any atom is 0.329 e. The van der Waals surface area contributed by atoms with E-state index in [1.54, 1.807) is 0 Å². The second-order valence-electron chi connectivity index (χ2n) is 2.73. The number of carbonyl (C=O) groups is 2. The van der Waals surface area contributed by atoms with Gasteiger partial charge in [-0.15, -0.1) is 0 Å². The zero-order valence-corrected chi connectivity index (χ0v) is 7.24. The van der Waals surface area contributed by atoms with Gasteiger partial charge in [0.05, 0.1) is 7.11 Å². The largest absolute Gasteiger partial charge is 0.467 e. The second kappa shape index (κ2) is 3.42. The molecule has 1 heterocycles. The van der Waals surface area contributed by atoms with Crippen molar-refractivity contribution in [3.8, 4) is 0 Å². The van der Waals surface area contributed by atoms with Crippen LogP contribution in [0.1, 0.15) is 12.8 Å². The normalized spacial score (nSPS) is 21.8. The molecule has 1 fully saturated rings. The average molecular weight is 185 g/mol. The molecule has 1 rings (SSSR count). The van der Waals surface area contributed by atoms with Gasteiger partial charge in [0.1, 0.15) is 11.9 Å². The topological polar surface area (TPSA) is 96.5 Å². The number of ether oxygens (including phenoxy) is 1. The molecule has 13 heavy (non-hydrogen) atoms. The minimum atomic E-state index is -0.780. The number of nitrogens with zero attached hydrogens (tertiary/aromatic N) is 1. The van der Waals surface area contributed by atoms with Crippen molar-refractivity contribution in [2.45, 2.75) is 18.9 Å². The number of carbonyl (C=O) groups excluding carboxylic acids is 2. The first-order valence-corrected chi connectivity index (χ1v) is 3.82. The standard InChI is InChI=1S/C7H11N3O3/c1-13-6(11)4-2-3-5(8)10(4)7(9)12/h4,8H,2-3H2,1H3,(H2,9,12). The Morgan fingerprint density at radius 2 is 2.31 bits per heavy atom. The molecule has 0 bridgehead atoms. The van der Waals surface area contributed by atoms with Crippen LogP contribution in [-0.4, -0.2) is 35.9 Å². The number of amides is 2. The lowest BCUT2D eigenvalue weighted by Crippen LogP contribution is -2.46. The number of esters is 1. The smallest absolute Gasteiger partial charge is 0.329 e. The number of likely N-dealkylation sites (tertiary alicyclic amines) is 1. The van der Waals surface area contributed by atoms with E-state index in [0.29, 0.717) is 12.8 Å². The summed E-state index contributed by atoms with van der Waals surface area (Å²) in [7, 11) is 1.24. The molecule has 0 aromatic heterocycles. The lowest BCUT2D eigenvalue weighted by molar-refractivity contribution is -0.144. The summed E-state index contributed by atoms with van der Waals surface area (Å²) in [4.78, 5) is 22.9. The van der Waals surface area contributed by atoms with Crippen LogP contribution in [0.15, 0.2) is 0 Å². The van der Waals surface area contributed by atoms with Crippen LogP contribution in [-0.2, 0) is 9.53 Å². The molecule has 1 aliphatic heterocycles. The summed E-state index contributed by atoms with van der Waals surface area (Å²) in [5.74, 6) is -0.455. The van der Waals surface area contributed by atoms with Gasteiger partial charge in [-0.25, -0.2) is 9.59 Å². The number of amidine groups is 1. The Balaban J connectivity index is 2.81. The van der Waals surface area contributed by atoms with Crippen LogP contribution in [0, 0.1) is 5.41 Å². The minimum Gasteiger partial charge on any atom is -0.467 e. The molecule has 3 N–H and O–H groups in total. The lowest BCUT2D eigenvalue weighted by Gasteiger charge is -2.19. The molecule has 0 aromatic rings. The zero-order chi connectivity index (χ0) is 10.0. The van der Waals surface area contributed by atoms with Crippen LogP contribution in [0.3, 0.4) is 0 Å². The molecule has 1 atom stereocenters. The van der Waals surface area contributed by atoms with Crippen LogP contribution in [0.2, 0.25) is 0 Å². The number of nitrogens with one attached hydrogen (secondary N) is 1. The number of hydrogen-bond donors (Lipinski definition) is 2. The fourth-order valence-electron chi connectivity index (χ4n) is 1.36. The summed E-state index contributed by atoms with van der Waals surface area (Å²) in [5.41, 5.74) is 5.01. The molecule has 2 amide bonds. The fraction of sp³-hybridized carbons (Fsp3) is 0.571. The van der Waals surface area contributed by atoms with Gasteiger partial charge in [0.25, 0.3) is 0 Å². The van der Waals surface area contributed by atoms with Gasteiger partial charge >= 0.3 is 12.0 Å². The van der Waals surface area contributed by atoms with Crippen LogP contribution in [0.4, 0.5) is 4.79 Å². The Morgan fingerprint density at radius 3 is 2.77 bits per heavy atom. The Bertz CT molecular complexity index is 264. The van der Waals surface area contributed by atoms with Crippen molar-refractivity contribution < 1.29 is 14.3 Å². The summed E-state index contributed by atoms with van der Waals surface area (Å²) < 4.78 is 4.48. The highest BCUT2D eigenvalue weighted by Gasteiger charge is 2.37. The number of rotatable bonds is 1. The van der Waals surface area contributed by atoms with Crippen LogP contribution >= 0.6 is 0 Å². The van der Waals surface area contributed by atoms with E-state index >= 15 is 0 Å². The average Bonchev–Trinajstić information content (AvgIpc) is 2.45. The van der Waals surface area contributed by atoms with Crippen molar-refractivity contribution in [1.82, 2.24) is 4.90 Å². The Morgan fingerprint density at radius 1 is 1.69 bits per heavy atom. The predicted octanol–water partition coefficient (Wildman–Crippen LogP) is -0.320. The van der Waals surface area contributed by atoms with Gasteiger partial charge in [0.15, 0.2) is 0 Å². The van der Waals surface area contributed by atoms with Gasteiger partial charge in [-0.1, -0.05) is 0 Å². The van der Waals surface area contributed by atoms with E-state index in [1.807, 2.05) is 0 Å². The van der Waals surface area contributed by atoms with Crippen molar-refractivity contribution in [3.63, 3.8) is 0 Å².